The lowest BCUT2D eigenvalue weighted by atomic mass is 9.89. The maximum absolute atomic E-state index is 11.4. The Bertz CT molecular complexity index is 431. The van der Waals surface area contributed by atoms with Crippen molar-refractivity contribution in [2.45, 2.75) is 44.4 Å². The fraction of sp³-hybridized carbons (Fsp3) is 0.769. The van der Waals surface area contributed by atoms with Gasteiger partial charge in [-0.05, 0) is 19.3 Å². The third kappa shape index (κ3) is 5.15. The van der Waals surface area contributed by atoms with Gasteiger partial charge in [0.15, 0.2) is 5.96 Å². The fourth-order valence-corrected chi connectivity index (χ4v) is 3.05. The number of carboxylic acid groups (broad SMARTS) is 1. The molecule has 0 bridgehead atoms. The Hall–Kier alpha value is -1.87. The van der Waals surface area contributed by atoms with Gasteiger partial charge in [-0.25, -0.2) is 0 Å². The van der Waals surface area contributed by atoms with Crippen LogP contribution in [-0.4, -0.2) is 58.0 Å². The smallest absolute Gasteiger partial charge is 0.306 e. The molecular formula is C13H24N4O5. The van der Waals surface area contributed by atoms with E-state index in [1.165, 1.54) is 6.92 Å². The first-order valence-corrected chi connectivity index (χ1v) is 7.14. The number of carbonyl (C=O) groups is 2. The molecule has 1 saturated carbocycles. The van der Waals surface area contributed by atoms with Gasteiger partial charge >= 0.3 is 5.97 Å². The average Bonchev–Trinajstić information content (AvgIpc) is 2.80. The van der Waals surface area contributed by atoms with Gasteiger partial charge in [-0.15, -0.1) is 0 Å². The van der Waals surface area contributed by atoms with Gasteiger partial charge in [0.25, 0.3) is 0 Å². The van der Waals surface area contributed by atoms with Crippen molar-refractivity contribution in [3.63, 3.8) is 0 Å². The van der Waals surface area contributed by atoms with Crippen LogP contribution in [0.5, 0.6) is 0 Å². The number of hydrogen-bond acceptors (Lipinski definition) is 5. The van der Waals surface area contributed by atoms with Crippen molar-refractivity contribution < 1.29 is 24.9 Å². The van der Waals surface area contributed by atoms with Gasteiger partial charge in [-0.1, -0.05) is 0 Å². The minimum Gasteiger partial charge on any atom is -0.481 e. The highest BCUT2D eigenvalue weighted by Gasteiger charge is 2.42. The van der Waals surface area contributed by atoms with Crippen LogP contribution in [-0.2, 0) is 9.59 Å². The zero-order valence-electron chi connectivity index (χ0n) is 12.5. The second-order valence-corrected chi connectivity index (χ2v) is 5.71. The number of carboxylic acids is 1. The summed E-state index contributed by atoms with van der Waals surface area (Å²) in [6.45, 7) is 0.880. The number of guanidine groups is 1. The van der Waals surface area contributed by atoms with Crippen molar-refractivity contribution in [1.29, 1.82) is 5.41 Å². The topological polar surface area (TPSA) is 169 Å². The van der Waals surface area contributed by atoms with Gasteiger partial charge in [0.1, 0.15) is 0 Å². The molecule has 0 aliphatic heterocycles. The standard InChI is InChI=1S/C13H24N4O5/c1-6(19)16-11(4-8(20)5-18)9-2-7(12(21)22)3-10(9)17-13(14)15/h7-11,18,20H,2-5H2,1H3,(H,16,19)(H,21,22)(H4,14,15,17)/t7-,8-,9-,10-,11-/m1/s1. The molecule has 1 amide bonds. The quantitative estimate of drug-likeness (QED) is 0.214. The number of aliphatic carboxylic acids is 1. The minimum absolute atomic E-state index is 0.100. The number of aliphatic hydroxyl groups is 2. The van der Waals surface area contributed by atoms with Crippen molar-refractivity contribution >= 4 is 17.8 Å². The lowest BCUT2D eigenvalue weighted by Crippen LogP contribution is -2.50. The molecule has 0 spiro atoms. The summed E-state index contributed by atoms with van der Waals surface area (Å²) in [6, 6.07) is -0.901. The maximum atomic E-state index is 11.4. The van der Waals surface area contributed by atoms with Crippen LogP contribution in [0.25, 0.3) is 0 Å². The summed E-state index contributed by atoms with van der Waals surface area (Å²) in [5.41, 5.74) is 5.33. The van der Waals surface area contributed by atoms with Crippen molar-refractivity contribution in [3.8, 4) is 0 Å². The second-order valence-electron chi connectivity index (χ2n) is 5.71. The zero-order chi connectivity index (χ0) is 16.9. The van der Waals surface area contributed by atoms with Gasteiger partial charge in [0.05, 0.1) is 18.6 Å². The van der Waals surface area contributed by atoms with E-state index in [0.29, 0.717) is 6.42 Å². The summed E-state index contributed by atoms with van der Waals surface area (Å²) < 4.78 is 0. The van der Waals surface area contributed by atoms with E-state index in [0.717, 1.165) is 0 Å². The number of amides is 1. The van der Waals surface area contributed by atoms with Crippen molar-refractivity contribution in [2.24, 2.45) is 17.6 Å². The third-order valence-corrected chi connectivity index (χ3v) is 3.94. The van der Waals surface area contributed by atoms with E-state index >= 15 is 0 Å². The van der Waals surface area contributed by atoms with Gasteiger partial charge in [0.2, 0.25) is 5.91 Å². The molecule has 5 atom stereocenters. The third-order valence-electron chi connectivity index (χ3n) is 3.94. The van der Waals surface area contributed by atoms with E-state index in [1.54, 1.807) is 0 Å². The highest BCUT2D eigenvalue weighted by molar-refractivity contribution is 5.76. The Morgan fingerprint density at radius 2 is 2.05 bits per heavy atom. The second kappa shape index (κ2) is 7.95. The van der Waals surface area contributed by atoms with E-state index in [1.807, 2.05) is 0 Å². The van der Waals surface area contributed by atoms with Crippen LogP contribution in [0.3, 0.4) is 0 Å². The fourth-order valence-electron chi connectivity index (χ4n) is 3.05. The molecule has 9 nitrogen and oxygen atoms in total. The number of nitrogens with two attached hydrogens (primary N) is 1. The van der Waals surface area contributed by atoms with E-state index in [4.69, 9.17) is 16.2 Å². The number of aliphatic hydroxyl groups excluding tert-OH is 2. The molecule has 0 aromatic carbocycles. The molecule has 0 aromatic rings. The summed E-state index contributed by atoms with van der Waals surface area (Å²) in [5, 5.41) is 40.6. The largest absolute Gasteiger partial charge is 0.481 e. The van der Waals surface area contributed by atoms with Crippen molar-refractivity contribution in [2.75, 3.05) is 6.61 Å². The molecule has 0 radical (unpaired) electrons. The Morgan fingerprint density at radius 1 is 1.41 bits per heavy atom. The Morgan fingerprint density at radius 3 is 2.50 bits per heavy atom. The van der Waals surface area contributed by atoms with Crippen LogP contribution in [0.4, 0.5) is 0 Å². The maximum Gasteiger partial charge on any atom is 0.306 e. The first-order valence-electron chi connectivity index (χ1n) is 7.14. The first kappa shape index (κ1) is 18.2. The SMILES string of the molecule is CC(=O)N[C@H](C[C@@H](O)CO)[C@@H]1C[C@@H](C(=O)O)C[C@H]1NC(=N)N. The van der Waals surface area contributed by atoms with Crippen LogP contribution in [0.2, 0.25) is 0 Å². The summed E-state index contributed by atoms with van der Waals surface area (Å²) in [6.07, 6.45) is -0.337. The molecular weight excluding hydrogens is 292 g/mol. The van der Waals surface area contributed by atoms with Crippen LogP contribution in [0.15, 0.2) is 0 Å². The summed E-state index contributed by atoms with van der Waals surface area (Å²) in [7, 11) is 0. The molecule has 0 heterocycles. The van der Waals surface area contributed by atoms with Crippen LogP contribution in [0, 0.1) is 17.2 Å². The monoisotopic (exact) mass is 316 g/mol. The van der Waals surface area contributed by atoms with Gasteiger partial charge < -0.3 is 31.7 Å². The minimum atomic E-state index is -1.02. The summed E-state index contributed by atoms with van der Waals surface area (Å²) in [4.78, 5) is 22.6. The molecule has 0 aromatic heterocycles. The Labute approximate surface area is 128 Å². The highest BCUT2D eigenvalue weighted by Crippen LogP contribution is 2.35. The van der Waals surface area contributed by atoms with Crippen LogP contribution < -0.4 is 16.4 Å². The number of nitrogens with one attached hydrogen (secondary N) is 3. The molecule has 1 aliphatic carbocycles. The lowest BCUT2D eigenvalue weighted by Gasteiger charge is -2.31. The molecule has 1 rings (SSSR count). The normalized spacial score (nSPS) is 27.0. The molecule has 22 heavy (non-hydrogen) atoms. The van der Waals surface area contributed by atoms with Gasteiger partial charge in [-0.3, -0.25) is 15.0 Å². The molecule has 1 fully saturated rings. The van der Waals surface area contributed by atoms with Gasteiger partial charge in [0, 0.05) is 24.9 Å². The number of rotatable bonds is 7. The predicted octanol–water partition coefficient (Wildman–Crippen LogP) is -1.80. The van der Waals surface area contributed by atoms with Crippen molar-refractivity contribution in [3.05, 3.63) is 0 Å². The van der Waals surface area contributed by atoms with E-state index in [-0.39, 0.29) is 36.7 Å². The average molecular weight is 316 g/mol. The number of carbonyl (C=O) groups excluding carboxylic acids is 1. The Balaban J connectivity index is 2.92. The molecule has 126 valence electrons. The molecule has 1 aliphatic rings. The zero-order valence-corrected chi connectivity index (χ0v) is 12.5. The van der Waals surface area contributed by atoms with Gasteiger partial charge in [-0.2, -0.15) is 0 Å². The molecule has 0 saturated heterocycles. The summed E-state index contributed by atoms with van der Waals surface area (Å²) in [5.74, 6) is -2.44. The summed E-state index contributed by atoms with van der Waals surface area (Å²) >= 11 is 0. The van der Waals surface area contributed by atoms with Crippen LogP contribution in [0.1, 0.15) is 26.2 Å². The number of hydrogen-bond donors (Lipinski definition) is 7. The molecule has 0 unspecified atom stereocenters. The molecule has 8 N–H and O–H groups in total. The van der Waals surface area contributed by atoms with Crippen molar-refractivity contribution in [1.82, 2.24) is 10.6 Å². The highest BCUT2D eigenvalue weighted by atomic mass is 16.4. The predicted molar refractivity (Wildman–Crippen MR) is 78.0 cm³/mol. The molecule has 9 heteroatoms. The lowest BCUT2D eigenvalue weighted by molar-refractivity contribution is -0.141. The van der Waals surface area contributed by atoms with E-state index in [9.17, 15) is 19.8 Å². The first-order chi connectivity index (χ1) is 10.2. The van der Waals surface area contributed by atoms with Crippen LogP contribution >= 0.6 is 0 Å². The van der Waals surface area contributed by atoms with E-state index < -0.39 is 30.6 Å². The van der Waals surface area contributed by atoms with E-state index in [2.05, 4.69) is 10.6 Å². The Kier molecular flexibility index (Phi) is 6.57.